The SMILES string of the molecule is CN(c1ccc2c(n1)OCc1cc(-n3cc(N)cn3)ccc1-2)C1C[C@H]2CC[C@@H](C1)N2. The van der Waals surface area contributed by atoms with Crippen molar-refractivity contribution in [1.29, 1.82) is 0 Å². The van der Waals surface area contributed by atoms with Crippen LogP contribution < -0.4 is 20.7 Å². The number of benzene rings is 1. The molecule has 1 unspecified atom stereocenters. The van der Waals surface area contributed by atoms with Crippen molar-refractivity contribution in [1.82, 2.24) is 20.1 Å². The lowest BCUT2D eigenvalue weighted by Crippen LogP contribution is -2.47. The first-order valence-electron chi connectivity index (χ1n) is 10.7. The summed E-state index contributed by atoms with van der Waals surface area (Å²) >= 11 is 0. The van der Waals surface area contributed by atoms with Crippen LogP contribution in [0.2, 0.25) is 0 Å². The molecule has 3 aromatic rings. The van der Waals surface area contributed by atoms with E-state index in [1.54, 1.807) is 10.9 Å². The first-order valence-corrected chi connectivity index (χ1v) is 10.7. The zero-order valence-electron chi connectivity index (χ0n) is 17.1. The van der Waals surface area contributed by atoms with E-state index in [1.807, 2.05) is 6.20 Å². The summed E-state index contributed by atoms with van der Waals surface area (Å²) in [6.07, 6.45) is 8.46. The molecule has 0 aliphatic carbocycles. The lowest BCUT2D eigenvalue weighted by molar-refractivity contribution is 0.289. The number of hydrogen-bond donors (Lipinski definition) is 2. The lowest BCUT2D eigenvalue weighted by atomic mass is 9.97. The number of pyridine rings is 1. The molecule has 2 fully saturated rings. The number of hydrogen-bond acceptors (Lipinski definition) is 6. The average molecular weight is 403 g/mol. The molecule has 6 rings (SSSR count). The van der Waals surface area contributed by atoms with Crippen molar-refractivity contribution in [3.8, 4) is 22.7 Å². The van der Waals surface area contributed by atoms with Gasteiger partial charge < -0.3 is 20.7 Å². The van der Waals surface area contributed by atoms with Crippen LogP contribution >= 0.6 is 0 Å². The summed E-state index contributed by atoms with van der Waals surface area (Å²) < 4.78 is 7.86. The second kappa shape index (κ2) is 6.74. The van der Waals surface area contributed by atoms with E-state index in [0.29, 0.717) is 30.4 Å². The summed E-state index contributed by atoms with van der Waals surface area (Å²) in [5, 5.41) is 8.02. The fourth-order valence-electron chi connectivity index (χ4n) is 5.20. The summed E-state index contributed by atoms with van der Waals surface area (Å²) in [5.74, 6) is 1.71. The summed E-state index contributed by atoms with van der Waals surface area (Å²) in [5.41, 5.74) is 10.8. The highest BCUT2D eigenvalue weighted by molar-refractivity contribution is 5.75. The zero-order valence-corrected chi connectivity index (χ0v) is 17.1. The third kappa shape index (κ3) is 2.92. The van der Waals surface area contributed by atoms with Crippen molar-refractivity contribution in [2.75, 3.05) is 17.7 Å². The van der Waals surface area contributed by atoms with Crippen LogP contribution in [0.25, 0.3) is 16.8 Å². The molecule has 2 aromatic heterocycles. The fraction of sp³-hybridized carbons (Fsp3) is 0.391. The maximum atomic E-state index is 6.07. The van der Waals surface area contributed by atoms with Gasteiger partial charge in [0.2, 0.25) is 5.88 Å². The number of nitrogens with one attached hydrogen (secondary N) is 1. The molecule has 1 aromatic carbocycles. The molecule has 30 heavy (non-hydrogen) atoms. The molecular formula is C23H26N6O. The second-order valence-corrected chi connectivity index (χ2v) is 8.74. The van der Waals surface area contributed by atoms with Crippen LogP contribution in [-0.4, -0.2) is 39.9 Å². The van der Waals surface area contributed by atoms with Crippen LogP contribution in [0.1, 0.15) is 31.2 Å². The molecule has 2 bridgehead atoms. The van der Waals surface area contributed by atoms with E-state index in [-0.39, 0.29) is 0 Å². The summed E-state index contributed by atoms with van der Waals surface area (Å²) in [6.45, 7) is 0.505. The van der Waals surface area contributed by atoms with Gasteiger partial charge in [-0.25, -0.2) is 4.68 Å². The molecule has 0 spiro atoms. The van der Waals surface area contributed by atoms with Gasteiger partial charge in [-0.05, 0) is 61.1 Å². The van der Waals surface area contributed by atoms with Gasteiger partial charge in [0, 0.05) is 30.7 Å². The Bertz CT molecular complexity index is 1100. The molecule has 3 aliphatic heterocycles. The number of rotatable bonds is 3. The van der Waals surface area contributed by atoms with Crippen molar-refractivity contribution < 1.29 is 4.74 Å². The van der Waals surface area contributed by atoms with E-state index in [4.69, 9.17) is 15.5 Å². The molecule has 3 atom stereocenters. The Morgan fingerprint density at radius 3 is 2.70 bits per heavy atom. The van der Waals surface area contributed by atoms with E-state index in [2.05, 4.69) is 52.7 Å². The van der Waals surface area contributed by atoms with Crippen LogP contribution in [0, 0.1) is 0 Å². The van der Waals surface area contributed by atoms with E-state index in [0.717, 1.165) is 28.5 Å². The third-order valence-corrected chi connectivity index (χ3v) is 6.81. The van der Waals surface area contributed by atoms with Crippen molar-refractivity contribution in [2.45, 2.75) is 50.4 Å². The van der Waals surface area contributed by atoms with Gasteiger partial charge in [-0.2, -0.15) is 10.1 Å². The minimum Gasteiger partial charge on any atom is -0.472 e. The van der Waals surface area contributed by atoms with Gasteiger partial charge >= 0.3 is 0 Å². The molecular weight excluding hydrogens is 376 g/mol. The Morgan fingerprint density at radius 2 is 1.93 bits per heavy atom. The molecule has 0 saturated carbocycles. The Kier molecular flexibility index (Phi) is 3.99. The van der Waals surface area contributed by atoms with Crippen LogP contribution in [0.4, 0.5) is 11.5 Å². The van der Waals surface area contributed by atoms with E-state index < -0.39 is 0 Å². The van der Waals surface area contributed by atoms with E-state index in [9.17, 15) is 0 Å². The Balaban J connectivity index is 1.28. The average Bonchev–Trinajstić information content (AvgIpc) is 3.36. The Labute approximate surface area is 175 Å². The smallest absolute Gasteiger partial charge is 0.223 e. The van der Waals surface area contributed by atoms with Gasteiger partial charge in [-0.3, -0.25) is 0 Å². The van der Waals surface area contributed by atoms with Gasteiger partial charge in [0.15, 0.2) is 0 Å². The predicted molar refractivity (Wildman–Crippen MR) is 117 cm³/mol. The zero-order chi connectivity index (χ0) is 20.2. The van der Waals surface area contributed by atoms with Gasteiger partial charge in [0.05, 0.1) is 23.8 Å². The molecule has 7 heteroatoms. The number of nitrogen functional groups attached to an aromatic ring is 1. The Morgan fingerprint density at radius 1 is 1.13 bits per heavy atom. The van der Waals surface area contributed by atoms with Crippen LogP contribution in [0.15, 0.2) is 42.7 Å². The number of ether oxygens (including phenoxy) is 1. The molecule has 0 radical (unpaired) electrons. The normalized spacial score (nSPS) is 24.1. The van der Waals surface area contributed by atoms with Crippen molar-refractivity contribution >= 4 is 11.5 Å². The number of aromatic nitrogens is 3. The van der Waals surface area contributed by atoms with Gasteiger partial charge in [0.1, 0.15) is 12.4 Å². The molecule has 154 valence electrons. The van der Waals surface area contributed by atoms with Crippen molar-refractivity contribution in [3.05, 3.63) is 48.3 Å². The summed E-state index contributed by atoms with van der Waals surface area (Å²) in [4.78, 5) is 7.23. The molecule has 0 amide bonds. The first-order chi connectivity index (χ1) is 14.6. The topological polar surface area (TPSA) is 81.2 Å². The van der Waals surface area contributed by atoms with Gasteiger partial charge in [-0.1, -0.05) is 6.07 Å². The lowest BCUT2D eigenvalue weighted by Gasteiger charge is -2.36. The quantitative estimate of drug-likeness (QED) is 0.701. The number of nitrogens with zero attached hydrogens (tertiary/aromatic N) is 4. The molecule has 7 nitrogen and oxygen atoms in total. The first kappa shape index (κ1) is 17.8. The van der Waals surface area contributed by atoms with Crippen LogP contribution in [0.3, 0.4) is 0 Å². The number of anilines is 2. The standard InChI is InChI=1S/C23H26N6O/c1-28(19-9-16-2-3-17(10-19)26-16)22-7-6-21-20-5-4-18(29-12-15(24)11-25-29)8-14(20)13-30-23(21)27-22/h4-8,11-12,16-17,19,26H,2-3,9-10,13,24H2,1H3/t16-,17+,19?. The maximum Gasteiger partial charge on any atom is 0.223 e. The minimum atomic E-state index is 0.505. The molecule has 5 heterocycles. The molecule has 3 aliphatic rings. The van der Waals surface area contributed by atoms with Gasteiger partial charge in [-0.15, -0.1) is 0 Å². The predicted octanol–water partition coefficient (Wildman–Crippen LogP) is 3.13. The minimum absolute atomic E-state index is 0.505. The monoisotopic (exact) mass is 402 g/mol. The van der Waals surface area contributed by atoms with Gasteiger partial charge in [0.25, 0.3) is 0 Å². The molecule has 3 N–H and O–H groups in total. The summed E-state index contributed by atoms with van der Waals surface area (Å²) in [6, 6.07) is 12.4. The highest BCUT2D eigenvalue weighted by Gasteiger charge is 2.35. The third-order valence-electron chi connectivity index (χ3n) is 6.81. The highest BCUT2D eigenvalue weighted by atomic mass is 16.5. The summed E-state index contributed by atoms with van der Waals surface area (Å²) in [7, 11) is 2.17. The van der Waals surface area contributed by atoms with E-state index in [1.165, 1.54) is 31.2 Å². The largest absolute Gasteiger partial charge is 0.472 e. The number of nitrogens with two attached hydrogens (primary N) is 1. The Hall–Kier alpha value is -3.06. The van der Waals surface area contributed by atoms with Crippen LogP contribution in [0.5, 0.6) is 5.88 Å². The molecule has 2 saturated heterocycles. The number of piperidine rings is 1. The number of fused-ring (bicyclic) bond motifs is 5. The highest BCUT2D eigenvalue weighted by Crippen LogP contribution is 2.39. The maximum absolute atomic E-state index is 6.07. The second-order valence-electron chi connectivity index (χ2n) is 8.74. The van der Waals surface area contributed by atoms with Crippen molar-refractivity contribution in [2.24, 2.45) is 0 Å². The van der Waals surface area contributed by atoms with Crippen LogP contribution in [-0.2, 0) is 6.61 Å². The van der Waals surface area contributed by atoms with Crippen molar-refractivity contribution in [3.63, 3.8) is 0 Å². The fourth-order valence-corrected chi connectivity index (χ4v) is 5.20. The van der Waals surface area contributed by atoms with E-state index >= 15 is 0 Å².